The Kier molecular flexibility index (Phi) is 7.55. The Hall–Kier alpha value is -2.64. The molecule has 1 rings (SSSR count). The molecule has 0 heterocycles. The third-order valence-electron chi connectivity index (χ3n) is 3.21. The Morgan fingerprint density at radius 3 is 2.23 bits per heavy atom. The fourth-order valence-corrected chi connectivity index (χ4v) is 2.10. The second-order valence-corrected chi connectivity index (χ2v) is 7.36. The molecule has 0 aliphatic heterocycles. The lowest BCUT2D eigenvalue weighted by molar-refractivity contribution is -0.384. The number of amides is 1. The number of nitrogens with zero attached hydrogens (tertiary/aromatic N) is 1. The van der Waals surface area contributed by atoms with Gasteiger partial charge in [0.25, 0.3) is 5.69 Å². The molecule has 0 radical (unpaired) electrons. The number of rotatable bonds is 7. The Morgan fingerprint density at radius 2 is 1.77 bits per heavy atom. The summed E-state index contributed by atoms with van der Waals surface area (Å²) >= 11 is 0. The number of nitrogens with one attached hydrogen (secondary N) is 1. The minimum Gasteiger partial charge on any atom is -0.459 e. The molecule has 0 spiro atoms. The molecule has 1 N–H and O–H groups in total. The molecule has 0 aromatic heterocycles. The summed E-state index contributed by atoms with van der Waals surface area (Å²) in [4.78, 5) is 34.4. The van der Waals surface area contributed by atoms with E-state index in [9.17, 15) is 19.7 Å². The standard InChI is InChI=1S/C18H26N2O6/c1-12(2)10-15(19-17(22)26-18(3,4)5)16(21)25-11-13-6-8-14(9-7-13)20(23)24/h6-9,12,15H,10-11H2,1-5H3,(H,19,22)/t15-/m0/s1. The van der Waals surface area contributed by atoms with Gasteiger partial charge in [-0.05, 0) is 50.8 Å². The first-order valence-corrected chi connectivity index (χ1v) is 8.37. The SMILES string of the molecule is CC(C)C[C@H](NC(=O)OC(C)(C)C)C(=O)OCc1ccc([N+](=O)[O-])cc1. The molecular weight excluding hydrogens is 340 g/mol. The van der Waals surface area contributed by atoms with Crippen molar-refractivity contribution in [3.63, 3.8) is 0 Å². The number of carbonyl (C=O) groups excluding carboxylic acids is 2. The highest BCUT2D eigenvalue weighted by atomic mass is 16.6. The monoisotopic (exact) mass is 366 g/mol. The van der Waals surface area contributed by atoms with Gasteiger partial charge in [-0.2, -0.15) is 0 Å². The fourth-order valence-electron chi connectivity index (χ4n) is 2.10. The van der Waals surface area contributed by atoms with Gasteiger partial charge < -0.3 is 14.8 Å². The van der Waals surface area contributed by atoms with Crippen molar-refractivity contribution >= 4 is 17.7 Å². The van der Waals surface area contributed by atoms with E-state index in [4.69, 9.17) is 9.47 Å². The summed E-state index contributed by atoms with van der Waals surface area (Å²) in [7, 11) is 0. The largest absolute Gasteiger partial charge is 0.459 e. The van der Waals surface area contributed by atoms with E-state index in [1.807, 2.05) is 13.8 Å². The maximum absolute atomic E-state index is 12.3. The van der Waals surface area contributed by atoms with E-state index in [1.165, 1.54) is 24.3 Å². The van der Waals surface area contributed by atoms with Crippen molar-refractivity contribution in [1.29, 1.82) is 0 Å². The van der Waals surface area contributed by atoms with Crippen LogP contribution >= 0.6 is 0 Å². The zero-order valence-electron chi connectivity index (χ0n) is 15.8. The molecule has 8 nitrogen and oxygen atoms in total. The van der Waals surface area contributed by atoms with E-state index in [0.29, 0.717) is 12.0 Å². The number of non-ortho nitro benzene ring substituents is 1. The zero-order chi connectivity index (χ0) is 19.9. The third-order valence-corrected chi connectivity index (χ3v) is 3.21. The molecule has 8 heteroatoms. The molecule has 26 heavy (non-hydrogen) atoms. The summed E-state index contributed by atoms with van der Waals surface area (Å²) in [5.41, 5.74) is -0.0938. The molecule has 0 unspecified atom stereocenters. The summed E-state index contributed by atoms with van der Waals surface area (Å²) < 4.78 is 10.4. The predicted molar refractivity (Wildman–Crippen MR) is 95.5 cm³/mol. The van der Waals surface area contributed by atoms with Crippen LogP contribution in [0.25, 0.3) is 0 Å². The lowest BCUT2D eigenvalue weighted by Crippen LogP contribution is -2.44. The van der Waals surface area contributed by atoms with E-state index in [1.54, 1.807) is 20.8 Å². The zero-order valence-corrected chi connectivity index (χ0v) is 15.8. The van der Waals surface area contributed by atoms with Crippen LogP contribution in [0.5, 0.6) is 0 Å². The minimum atomic E-state index is -0.831. The summed E-state index contributed by atoms with van der Waals surface area (Å²) in [5.74, 6) is -0.426. The molecule has 0 aliphatic carbocycles. The smallest absolute Gasteiger partial charge is 0.408 e. The number of nitro groups is 1. The molecule has 1 atom stereocenters. The molecule has 1 aromatic rings. The normalized spacial score (nSPS) is 12.4. The molecule has 1 amide bonds. The van der Waals surface area contributed by atoms with Crippen LogP contribution in [0.4, 0.5) is 10.5 Å². The summed E-state index contributed by atoms with van der Waals surface area (Å²) in [6, 6.07) is 4.89. The van der Waals surface area contributed by atoms with E-state index in [-0.39, 0.29) is 18.2 Å². The van der Waals surface area contributed by atoms with Crippen molar-refractivity contribution in [2.75, 3.05) is 0 Å². The van der Waals surface area contributed by atoms with E-state index >= 15 is 0 Å². The first-order chi connectivity index (χ1) is 12.0. The molecule has 0 bridgehead atoms. The molecule has 144 valence electrons. The Bertz CT molecular complexity index is 634. The highest BCUT2D eigenvalue weighted by Gasteiger charge is 2.26. The van der Waals surface area contributed by atoms with Crippen LogP contribution in [0, 0.1) is 16.0 Å². The summed E-state index contributed by atoms with van der Waals surface area (Å²) in [6.07, 6.45) is -0.284. The summed E-state index contributed by atoms with van der Waals surface area (Å²) in [5, 5.41) is 13.2. The maximum Gasteiger partial charge on any atom is 0.408 e. The van der Waals surface area contributed by atoms with Gasteiger partial charge in [0.05, 0.1) is 4.92 Å². The van der Waals surface area contributed by atoms with Crippen LogP contribution in [0.2, 0.25) is 0 Å². The number of carbonyl (C=O) groups is 2. The minimum absolute atomic E-state index is 0.0376. The van der Waals surface area contributed by atoms with Gasteiger partial charge in [0.2, 0.25) is 0 Å². The Balaban J connectivity index is 2.67. The first-order valence-electron chi connectivity index (χ1n) is 8.37. The second-order valence-electron chi connectivity index (χ2n) is 7.36. The van der Waals surface area contributed by atoms with Crippen molar-refractivity contribution < 1.29 is 24.0 Å². The van der Waals surface area contributed by atoms with Gasteiger partial charge in [0.1, 0.15) is 18.2 Å². The average Bonchev–Trinajstić information content (AvgIpc) is 2.50. The number of hydrogen-bond donors (Lipinski definition) is 1. The summed E-state index contributed by atoms with van der Waals surface area (Å²) in [6.45, 7) is 9.01. The number of nitro benzene ring substituents is 1. The Morgan fingerprint density at radius 1 is 1.19 bits per heavy atom. The number of hydrogen-bond acceptors (Lipinski definition) is 6. The molecule has 1 aromatic carbocycles. The molecule has 0 fully saturated rings. The van der Waals surface area contributed by atoms with E-state index < -0.39 is 28.6 Å². The highest BCUT2D eigenvalue weighted by molar-refractivity contribution is 5.81. The molecule has 0 aliphatic rings. The fraction of sp³-hybridized carbons (Fsp3) is 0.556. The number of esters is 1. The molecule has 0 saturated heterocycles. The van der Waals surface area contributed by atoms with Gasteiger partial charge in [0.15, 0.2) is 0 Å². The van der Waals surface area contributed by atoms with Crippen LogP contribution in [-0.4, -0.2) is 28.6 Å². The predicted octanol–water partition coefficient (Wildman–Crippen LogP) is 3.58. The van der Waals surface area contributed by atoms with Crippen molar-refractivity contribution in [2.45, 2.75) is 59.3 Å². The Labute approximate surface area is 153 Å². The van der Waals surface area contributed by atoms with Crippen LogP contribution in [0.15, 0.2) is 24.3 Å². The number of ether oxygens (including phenoxy) is 2. The van der Waals surface area contributed by atoms with E-state index in [0.717, 1.165) is 0 Å². The number of alkyl carbamates (subject to hydrolysis) is 1. The van der Waals surface area contributed by atoms with Gasteiger partial charge >= 0.3 is 12.1 Å². The molecular formula is C18H26N2O6. The van der Waals surface area contributed by atoms with Gasteiger partial charge in [-0.15, -0.1) is 0 Å². The van der Waals surface area contributed by atoms with E-state index in [2.05, 4.69) is 5.32 Å². The maximum atomic E-state index is 12.3. The van der Waals surface area contributed by atoms with Gasteiger partial charge in [-0.25, -0.2) is 9.59 Å². The average molecular weight is 366 g/mol. The second kappa shape index (κ2) is 9.17. The van der Waals surface area contributed by atoms with Crippen LogP contribution in [0.3, 0.4) is 0 Å². The van der Waals surface area contributed by atoms with Crippen LogP contribution in [-0.2, 0) is 20.9 Å². The van der Waals surface area contributed by atoms with Gasteiger partial charge in [0, 0.05) is 12.1 Å². The first kappa shape index (κ1) is 21.4. The lowest BCUT2D eigenvalue weighted by atomic mass is 10.0. The molecule has 0 saturated carbocycles. The topological polar surface area (TPSA) is 108 Å². The highest BCUT2D eigenvalue weighted by Crippen LogP contribution is 2.14. The third kappa shape index (κ3) is 7.96. The van der Waals surface area contributed by atoms with Crippen molar-refractivity contribution in [1.82, 2.24) is 5.32 Å². The van der Waals surface area contributed by atoms with Crippen molar-refractivity contribution in [2.24, 2.45) is 5.92 Å². The number of benzene rings is 1. The van der Waals surface area contributed by atoms with Crippen LogP contribution in [0.1, 0.15) is 46.6 Å². The van der Waals surface area contributed by atoms with Crippen molar-refractivity contribution in [3.8, 4) is 0 Å². The van der Waals surface area contributed by atoms with Gasteiger partial charge in [-0.3, -0.25) is 10.1 Å². The van der Waals surface area contributed by atoms with Gasteiger partial charge in [-0.1, -0.05) is 13.8 Å². The quantitative estimate of drug-likeness (QED) is 0.449. The van der Waals surface area contributed by atoms with Crippen LogP contribution < -0.4 is 5.32 Å². The lowest BCUT2D eigenvalue weighted by Gasteiger charge is -2.23. The van der Waals surface area contributed by atoms with Crippen molar-refractivity contribution in [3.05, 3.63) is 39.9 Å².